The van der Waals surface area contributed by atoms with Gasteiger partial charge in [0, 0.05) is 24.4 Å². The third-order valence-corrected chi connectivity index (χ3v) is 6.49. The maximum Gasteiger partial charge on any atom is 0.271 e. The van der Waals surface area contributed by atoms with Crippen LogP contribution in [0.5, 0.6) is 5.75 Å². The number of nitrogens with zero attached hydrogens (tertiary/aromatic N) is 2. The van der Waals surface area contributed by atoms with Crippen molar-refractivity contribution < 1.29 is 14.3 Å². The quantitative estimate of drug-likeness (QED) is 0.335. The Morgan fingerprint density at radius 2 is 1.62 bits per heavy atom. The van der Waals surface area contributed by atoms with Gasteiger partial charge in [-0.2, -0.15) is 5.10 Å². The van der Waals surface area contributed by atoms with Gasteiger partial charge in [0.2, 0.25) is 0 Å². The fourth-order valence-electron chi connectivity index (χ4n) is 4.59. The van der Waals surface area contributed by atoms with Crippen LogP contribution in [0.25, 0.3) is 6.08 Å². The molecule has 37 heavy (non-hydrogen) atoms. The second-order valence-electron chi connectivity index (χ2n) is 9.05. The summed E-state index contributed by atoms with van der Waals surface area (Å²) in [5.74, 6) is 0.580. The molecule has 0 atom stereocenters. The van der Waals surface area contributed by atoms with Gasteiger partial charge in [-0.05, 0) is 65.5 Å². The summed E-state index contributed by atoms with van der Waals surface area (Å²) in [7, 11) is 0. The molecule has 1 heterocycles. The largest absolute Gasteiger partial charge is 0.489 e. The first-order valence-corrected chi connectivity index (χ1v) is 12.7. The number of hydrazone groups is 1. The number of hydrogen-bond acceptors (Lipinski definition) is 5. The van der Waals surface area contributed by atoms with Crippen LogP contribution in [0.3, 0.4) is 0 Å². The van der Waals surface area contributed by atoms with Crippen molar-refractivity contribution in [2.75, 3.05) is 26.3 Å². The number of benzene rings is 3. The third kappa shape index (κ3) is 6.54. The van der Waals surface area contributed by atoms with Gasteiger partial charge in [0.25, 0.3) is 5.91 Å². The molecule has 0 aromatic heterocycles. The number of ether oxygens (including phenoxy) is 2. The Hall–Kier alpha value is -4.16. The number of morpholine rings is 1. The minimum Gasteiger partial charge on any atom is -0.489 e. The average molecular weight is 494 g/mol. The van der Waals surface area contributed by atoms with Crippen molar-refractivity contribution >= 4 is 18.2 Å². The van der Waals surface area contributed by atoms with E-state index < -0.39 is 0 Å². The van der Waals surface area contributed by atoms with Gasteiger partial charge < -0.3 is 14.4 Å². The summed E-state index contributed by atoms with van der Waals surface area (Å²) in [6.07, 6.45) is 5.90. The van der Waals surface area contributed by atoms with E-state index in [4.69, 9.17) is 9.47 Å². The summed E-state index contributed by atoms with van der Waals surface area (Å²) in [4.78, 5) is 15.1. The van der Waals surface area contributed by atoms with Gasteiger partial charge in [0.1, 0.15) is 12.4 Å². The fourth-order valence-corrected chi connectivity index (χ4v) is 4.59. The summed E-state index contributed by atoms with van der Waals surface area (Å²) in [6.45, 7) is 3.59. The van der Waals surface area contributed by atoms with E-state index in [2.05, 4.69) is 45.8 Å². The zero-order chi connectivity index (χ0) is 25.3. The Morgan fingerprint density at radius 3 is 2.35 bits per heavy atom. The Balaban J connectivity index is 1.24. The number of nitrogens with one attached hydrogen (secondary N) is 1. The summed E-state index contributed by atoms with van der Waals surface area (Å²) in [5, 5.41) is 4.32. The molecular weight excluding hydrogens is 462 g/mol. The van der Waals surface area contributed by atoms with Crippen molar-refractivity contribution in [1.82, 2.24) is 10.3 Å². The zero-order valence-corrected chi connectivity index (χ0v) is 20.8. The number of rotatable bonds is 8. The smallest absolute Gasteiger partial charge is 0.271 e. The first kappa shape index (κ1) is 24.5. The molecule has 188 valence electrons. The molecule has 6 nitrogen and oxygen atoms in total. The van der Waals surface area contributed by atoms with Crippen LogP contribution in [0.1, 0.15) is 34.3 Å². The Bertz CT molecular complexity index is 1280. The summed E-state index contributed by atoms with van der Waals surface area (Å²) in [6, 6.07) is 27.4. The van der Waals surface area contributed by atoms with Crippen molar-refractivity contribution in [1.29, 1.82) is 0 Å². The lowest BCUT2D eigenvalue weighted by Gasteiger charge is -2.31. The van der Waals surface area contributed by atoms with Crippen LogP contribution in [0.15, 0.2) is 107 Å². The minimum atomic E-state index is -0.238. The molecular formula is C31H31N3O3. The van der Waals surface area contributed by atoms with Gasteiger partial charge in [-0.25, -0.2) is 5.43 Å². The van der Waals surface area contributed by atoms with Crippen molar-refractivity contribution in [3.63, 3.8) is 0 Å². The van der Waals surface area contributed by atoms with Gasteiger partial charge in [0.15, 0.2) is 0 Å². The zero-order valence-electron chi connectivity index (χ0n) is 20.8. The molecule has 1 N–H and O–H groups in total. The van der Waals surface area contributed by atoms with Gasteiger partial charge in [0.05, 0.1) is 19.4 Å². The molecule has 3 aromatic carbocycles. The van der Waals surface area contributed by atoms with Crippen LogP contribution in [-0.2, 0) is 11.3 Å². The van der Waals surface area contributed by atoms with Gasteiger partial charge in [-0.1, -0.05) is 60.7 Å². The topological polar surface area (TPSA) is 63.2 Å². The highest BCUT2D eigenvalue weighted by Gasteiger charge is 2.25. The molecule has 1 aliphatic heterocycles. The monoisotopic (exact) mass is 493 g/mol. The fraction of sp³-hybridized carbons (Fsp3) is 0.226. The highest BCUT2D eigenvalue weighted by Crippen LogP contribution is 2.35. The van der Waals surface area contributed by atoms with E-state index in [9.17, 15) is 4.79 Å². The lowest BCUT2D eigenvalue weighted by molar-refractivity contribution is 0.0548. The number of amides is 1. The molecule has 1 saturated heterocycles. The van der Waals surface area contributed by atoms with Crippen molar-refractivity contribution in [3.05, 3.63) is 118 Å². The third-order valence-electron chi connectivity index (χ3n) is 6.49. The molecule has 3 aromatic rings. The van der Waals surface area contributed by atoms with E-state index in [0.717, 1.165) is 56.0 Å². The number of carbonyl (C=O) groups excluding carboxylic acids is 1. The summed E-state index contributed by atoms with van der Waals surface area (Å²) < 4.78 is 11.3. The van der Waals surface area contributed by atoms with E-state index in [-0.39, 0.29) is 5.91 Å². The molecule has 2 aliphatic rings. The number of hydrogen-bond donors (Lipinski definition) is 1. The van der Waals surface area contributed by atoms with Crippen LogP contribution in [0, 0.1) is 0 Å². The van der Waals surface area contributed by atoms with Crippen LogP contribution >= 0.6 is 0 Å². The van der Waals surface area contributed by atoms with Crippen molar-refractivity contribution in [2.45, 2.75) is 19.4 Å². The number of carbonyl (C=O) groups is 1. The van der Waals surface area contributed by atoms with Crippen LogP contribution < -0.4 is 10.2 Å². The molecule has 0 radical (unpaired) electrons. The summed E-state index contributed by atoms with van der Waals surface area (Å²) >= 11 is 0. The molecule has 1 amide bonds. The molecule has 0 saturated carbocycles. The van der Waals surface area contributed by atoms with Gasteiger partial charge >= 0.3 is 0 Å². The Morgan fingerprint density at radius 1 is 0.919 bits per heavy atom. The van der Waals surface area contributed by atoms with E-state index in [0.29, 0.717) is 12.2 Å². The molecule has 1 fully saturated rings. The average Bonchev–Trinajstić information content (AvgIpc) is 3.35. The number of allylic oxidation sites excluding steroid dienone is 2. The van der Waals surface area contributed by atoms with Gasteiger partial charge in [-0.3, -0.25) is 4.79 Å². The molecule has 5 rings (SSSR count). The first-order valence-electron chi connectivity index (χ1n) is 12.7. The van der Waals surface area contributed by atoms with E-state index in [1.54, 1.807) is 18.3 Å². The molecule has 0 spiro atoms. The van der Waals surface area contributed by atoms with Gasteiger partial charge in [-0.15, -0.1) is 0 Å². The number of para-hydroxylation sites is 1. The van der Waals surface area contributed by atoms with E-state index >= 15 is 0 Å². The first-order chi connectivity index (χ1) is 18.3. The minimum absolute atomic E-state index is 0.238. The second kappa shape index (κ2) is 12.2. The SMILES string of the molecule is O=C(N/N=C/C1=C(N2CCOCC2)C(=C\c2ccccc2)/CC1)c1ccc(COc2ccccc2)cc1. The van der Waals surface area contributed by atoms with E-state index in [1.807, 2.05) is 48.5 Å². The highest BCUT2D eigenvalue weighted by molar-refractivity contribution is 5.95. The maximum atomic E-state index is 12.7. The molecule has 1 aliphatic carbocycles. The van der Waals surface area contributed by atoms with Crippen LogP contribution in [0.4, 0.5) is 0 Å². The normalized spacial score (nSPS) is 17.0. The lowest BCUT2D eigenvalue weighted by atomic mass is 10.1. The molecule has 0 unspecified atom stereocenters. The maximum absolute atomic E-state index is 12.7. The summed E-state index contributed by atoms with van der Waals surface area (Å²) in [5.41, 5.74) is 9.08. The second-order valence-corrected chi connectivity index (χ2v) is 9.05. The Kier molecular flexibility index (Phi) is 8.08. The van der Waals surface area contributed by atoms with Crippen molar-refractivity contribution in [3.8, 4) is 5.75 Å². The van der Waals surface area contributed by atoms with Crippen LogP contribution in [-0.4, -0.2) is 43.3 Å². The standard InChI is InChI=1S/C31H31N3O3/c35-31(26-13-11-25(12-14-26)23-37-29-9-5-2-6-10-29)33-32-22-28-16-15-27(21-24-7-3-1-4-8-24)30(28)34-17-19-36-20-18-34/h1-14,21-22H,15-20,23H2,(H,33,35)/b27-21-,32-22+. The predicted molar refractivity (Wildman–Crippen MR) is 146 cm³/mol. The Labute approximate surface area is 217 Å². The lowest BCUT2D eigenvalue weighted by Crippen LogP contribution is -2.36. The molecule has 0 bridgehead atoms. The van der Waals surface area contributed by atoms with E-state index in [1.165, 1.54) is 16.8 Å². The van der Waals surface area contributed by atoms with Crippen LogP contribution in [0.2, 0.25) is 0 Å². The highest BCUT2D eigenvalue weighted by atomic mass is 16.5. The van der Waals surface area contributed by atoms with Crippen molar-refractivity contribution in [2.24, 2.45) is 5.10 Å². The molecule has 6 heteroatoms. The predicted octanol–water partition coefficient (Wildman–Crippen LogP) is 5.44.